The molecule has 3 nitrogen and oxygen atoms in total. The van der Waals surface area contributed by atoms with E-state index < -0.39 is 0 Å². The molecule has 0 radical (unpaired) electrons. The lowest BCUT2D eigenvalue weighted by atomic mass is 9.70. The van der Waals surface area contributed by atoms with Crippen LogP contribution in [-0.4, -0.2) is 17.2 Å². The second-order valence-electron chi connectivity index (χ2n) is 5.56. The minimum atomic E-state index is 0.0412. The first kappa shape index (κ1) is 12.6. The normalized spacial score (nSPS) is 27.8. The van der Waals surface area contributed by atoms with Crippen molar-refractivity contribution in [2.45, 2.75) is 43.7 Å². The fourth-order valence-electron chi connectivity index (χ4n) is 3.12. The van der Waals surface area contributed by atoms with E-state index in [1.807, 2.05) is 18.3 Å². The monoisotopic (exact) mass is 310 g/mol. The molecule has 2 aliphatic rings. The van der Waals surface area contributed by atoms with Crippen LogP contribution in [0.15, 0.2) is 22.8 Å². The van der Waals surface area contributed by atoms with Gasteiger partial charge in [0.1, 0.15) is 0 Å². The van der Waals surface area contributed by atoms with Gasteiger partial charge < -0.3 is 10.5 Å². The van der Waals surface area contributed by atoms with Gasteiger partial charge in [0.15, 0.2) is 0 Å². The van der Waals surface area contributed by atoms with Crippen LogP contribution in [0.25, 0.3) is 0 Å². The standard InChI is InChI=1S/C14H19BrN2O/c15-11-2-3-12(17-9-11)13(16)10-4-7-18-14(8-10)5-1-6-14/h2-3,9-10,13H,1,4-8,16H2. The van der Waals surface area contributed by atoms with E-state index in [1.54, 1.807) is 0 Å². The highest BCUT2D eigenvalue weighted by Gasteiger charge is 2.44. The first-order chi connectivity index (χ1) is 8.69. The summed E-state index contributed by atoms with van der Waals surface area (Å²) in [5, 5.41) is 0. The first-order valence-electron chi connectivity index (χ1n) is 6.70. The third-order valence-corrected chi connectivity index (χ3v) is 4.86. The molecule has 4 heteroatoms. The van der Waals surface area contributed by atoms with Gasteiger partial charge in [-0.15, -0.1) is 0 Å². The van der Waals surface area contributed by atoms with Crippen molar-refractivity contribution in [1.82, 2.24) is 4.98 Å². The van der Waals surface area contributed by atoms with Crippen LogP contribution in [0, 0.1) is 5.92 Å². The number of nitrogens with two attached hydrogens (primary N) is 1. The summed E-state index contributed by atoms with van der Waals surface area (Å²) < 4.78 is 6.95. The van der Waals surface area contributed by atoms with Gasteiger partial charge in [-0.3, -0.25) is 4.98 Å². The van der Waals surface area contributed by atoms with Gasteiger partial charge in [0.2, 0.25) is 0 Å². The fraction of sp³-hybridized carbons (Fsp3) is 0.643. The Hall–Kier alpha value is -0.450. The van der Waals surface area contributed by atoms with Gasteiger partial charge in [-0.1, -0.05) is 0 Å². The summed E-state index contributed by atoms with van der Waals surface area (Å²) in [6, 6.07) is 4.08. The third-order valence-electron chi connectivity index (χ3n) is 4.40. The van der Waals surface area contributed by atoms with Crippen LogP contribution in [-0.2, 0) is 4.74 Å². The molecule has 2 unspecified atom stereocenters. The zero-order valence-corrected chi connectivity index (χ0v) is 12.0. The van der Waals surface area contributed by atoms with Crippen LogP contribution in [0.4, 0.5) is 0 Å². The smallest absolute Gasteiger partial charge is 0.0686 e. The van der Waals surface area contributed by atoms with Crippen molar-refractivity contribution in [3.05, 3.63) is 28.5 Å². The second-order valence-corrected chi connectivity index (χ2v) is 6.48. The maximum absolute atomic E-state index is 6.39. The molecule has 1 aliphatic heterocycles. The molecule has 2 N–H and O–H groups in total. The Morgan fingerprint density at radius 2 is 2.28 bits per heavy atom. The molecule has 2 fully saturated rings. The van der Waals surface area contributed by atoms with Crippen molar-refractivity contribution in [1.29, 1.82) is 0 Å². The predicted octanol–water partition coefficient (Wildman–Crippen LogP) is 3.19. The molecule has 0 aromatic carbocycles. The molecular weight excluding hydrogens is 292 g/mol. The van der Waals surface area contributed by atoms with Gasteiger partial charge in [0, 0.05) is 17.3 Å². The van der Waals surface area contributed by atoms with Gasteiger partial charge in [-0.25, -0.2) is 0 Å². The number of nitrogens with zero attached hydrogens (tertiary/aromatic N) is 1. The van der Waals surface area contributed by atoms with E-state index in [0.29, 0.717) is 5.92 Å². The largest absolute Gasteiger partial charge is 0.375 e. The molecule has 1 aromatic heterocycles. The summed E-state index contributed by atoms with van der Waals surface area (Å²) in [6.07, 6.45) is 7.71. The number of hydrogen-bond donors (Lipinski definition) is 1. The quantitative estimate of drug-likeness (QED) is 0.912. The average molecular weight is 311 g/mol. The summed E-state index contributed by atoms with van der Waals surface area (Å²) in [7, 11) is 0. The van der Waals surface area contributed by atoms with E-state index in [9.17, 15) is 0 Å². The highest BCUT2D eigenvalue weighted by atomic mass is 79.9. The molecule has 1 aliphatic carbocycles. The van der Waals surface area contributed by atoms with Gasteiger partial charge in [0.25, 0.3) is 0 Å². The van der Waals surface area contributed by atoms with Crippen molar-refractivity contribution >= 4 is 15.9 Å². The van der Waals surface area contributed by atoms with Crippen LogP contribution in [0.5, 0.6) is 0 Å². The van der Waals surface area contributed by atoms with Gasteiger partial charge >= 0.3 is 0 Å². The van der Waals surface area contributed by atoms with Crippen molar-refractivity contribution in [3.63, 3.8) is 0 Å². The number of pyridine rings is 1. The van der Waals surface area contributed by atoms with Crippen LogP contribution in [0.1, 0.15) is 43.8 Å². The lowest BCUT2D eigenvalue weighted by molar-refractivity contribution is -0.146. The fourth-order valence-corrected chi connectivity index (χ4v) is 3.35. The number of halogens is 1. The van der Waals surface area contributed by atoms with E-state index in [2.05, 4.69) is 20.9 Å². The van der Waals surface area contributed by atoms with Crippen LogP contribution in [0.3, 0.4) is 0 Å². The van der Waals surface area contributed by atoms with E-state index >= 15 is 0 Å². The highest BCUT2D eigenvalue weighted by molar-refractivity contribution is 9.10. The maximum Gasteiger partial charge on any atom is 0.0686 e. The van der Waals surface area contributed by atoms with Crippen molar-refractivity contribution in [3.8, 4) is 0 Å². The van der Waals surface area contributed by atoms with Crippen molar-refractivity contribution in [2.75, 3.05) is 6.61 Å². The Balaban J connectivity index is 1.71. The highest BCUT2D eigenvalue weighted by Crippen LogP contribution is 2.46. The molecule has 0 bridgehead atoms. The second kappa shape index (κ2) is 4.91. The van der Waals surface area contributed by atoms with Gasteiger partial charge in [-0.05, 0) is 66.1 Å². The Morgan fingerprint density at radius 3 is 2.89 bits per heavy atom. The van der Waals surface area contributed by atoms with E-state index in [4.69, 9.17) is 10.5 Å². The summed E-state index contributed by atoms with van der Waals surface area (Å²) in [4.78, 5) is 4.43. The molecule has 98 valence electrons. The topological polar surface area (TPSA) is 48.1 Å². The first-order valence-corrected chi connectivity index (χ1v) is 7.49. The SMILES string of the molecule is NC(c1ccc(Br)cn1)C1CCOC2(CCC2)C1. The summed E-state index contributed by atoms with van der Waals surface area (Å²) in [5.41, 5.74) is 7.55. The van der Waals surface area contributed by atoms with Gasteiger partial charge in [0.05, 0.1) is 17.3 Å². The molecule has 1 spiro atoms. The Morgan fingerprint density at radius 1 is 1.44 bits per heavy atom. The average Bonchev–Trinajstić information content (AvgIpc) is 2.37. The summed E-state index contributed by atoms with van der Waals surface area (Å²) >= 11 is 3.41. The lowest BCUT2D eigenvalue weighted by Crippen LogP contribution is -2.47. The van der Waals surface area contributed by atoms with Crippen molar-refractivity contribution < 1.29 is 4.74 Å². The third kappa shape index (κ3) is 2.33. The lowest BCUT2D eigenvalue weighted by Gasteiger charge is -2.48. The minimum absolute atomic E-state index is 0.0412. The van der Waals surface area contributed by atoms with Crippen LogP contribution in [0.2, 0.25) is 0 Å². The Labute approximate surface area is 116 Å². The minimum Gasteiger partial charge on any atom is -0.375 e. The molecule has 1 saturated carbocycles. The Kier molecular flexibility index (Phi) is 3.43. The molecule has 1 saturated heterocycles. The van der Waals surface area contributed by atoms with Crippen LogP contribution < -0.4 is 5.73 Å². The van der Waals surface area contributed by atoms with E-state index in [0.717, 1.165) is 29.6 Å². The van der Waals surface area contributed by atoms with Crippen LogP contribution >= 0.6 is 15.9 Å². The predicted molar refractivity (Wildman–Crippen MR) is 74.1 cm³/mol. The Bertz CT molecular complexity index is 416. The zero-order chi connectivity index (χ0) is 12.6. The summed E-state index contributed by atoms with van der Waals surface area (Å²) in [6.45, 7) is 0.856. The number of ether oxygens (including phenoxy) is 1. The molecule has 3 rings (SSSR count). The van der Waals surface area contributed by atoms with Crippen molar-refractivity contribution in [2.24, 2.45) is 11.7 Å². The number of rotatable bonds is 2. The van der Waals surface area contributed by atoms with Gasteiger partial charge in [-0.2, -0.15) is 0 Å². The molecule has 2 atom stereocenters. The summed E-state index contributed by atoms with van der Waals surface area (Å²) in [5.74, 6) is 0.507. The van der Waals surface area contributed by atoms with E-state index in [-0.39, 0.29) is 11.6 Å². The molecular formula is C14H19BrN2O. The number of aromatic nitrogens is 1. The maximum atomic E-state index is 6.39. The zero-order valence-electron chi connectivity index (χ0n) is 10.4. The molecule has 2 heterocycles. The molecule has 1 aromatic rings. The molecule has 0 amide bonds. The van der Waals surface area contributed by atoms with E-state index in [1.165, 1.54) is 19.3 Å². The number of hydrogen-bond acceptors (Lipinski definition) is 3. The molecule has 18 heavy (non-hydrogen) atoms.